The van der Waals surface area contributed by atoms with Crippen LogP contribution in [0.25, 0.3) is 0 Å². The van der Waals surface area contributed by atoms with E-state index < -0.39 is 5.60 Å². The SMILES string of the molecule is COc1ccc(C(O)(c2ccccc2)c2cccnc2)cc1. The second kappa shape index (κ2) is 6.00. The van der Waals surface area contributed by atoms with E-state index in [-0.39, 0.29) is 0 Å². The molecule has 110 valence electrons. The molecule has 3 heteroatoms. The Morgan fingerprint density at radius 1 is 0.818 bits per heavy atom. The van der Waals surface area contributed by atoms with Gasteiger partial charge in [0.1, 0.15) is 11.4 Å². The third kappa shape index (κ3) is 2.47. The third-order valence-electron chi connectivity index (χ3n) is 3.78. The summed E-state index contributed by atoms with van der Waals surface area (Å²) in [5, 5.41) is 11.5. The van der Waals surface area contributed by atoms with Crippen LogP contribution in [0.3, 0.4) is 0 Å². The van der Waals surface area contributed by atoms with Crippen molar-refractivity contribution in [2.75, 3.05) is 7.11 Å². The molecule has 0 saturated heterocycles. The van der Waals surface area contributed by atoms with Crippen LogP contribution in [0.4, 0.5) is 0 Å². The quantitative estimate of drug-likeness (QED) is 0.801. The van der Waals surface area contributed by atoms with E-state index in [1.807, 2.05) is 66.7 Å². The first-order valence-electron chi connectivity index (χ1n) is 7.08. The summed E-state index contributed by atoms with van der Waals surface area (Å²) < 4.78 is 5.20. The molecule has 0 fully saturated rings. The number of benzene rings is 2. The van der Waals surface area contributed by atoms with Crippen molar-refractivity contribution in [2.24, 2.45) is 0 Å². The molecular weight excluding hydrogens is 274 g/mol. The van der Waals surface area contributed by atoms with Crippen LogP contribution < -0.4 is 4.74 Å². The Bertz CT molecular complexity index is 685. The van der Waals surface area contributed by atoms with Crippen molar-refractivity contribution in [2.45, 2.75) is 5.60 Å². The first-order valence-corrected chi connectivity index (χ1v) is 7.08. The Kier molecular flexibility index (Phi) is 3.90. The predicted octanol–water partition coefficient (Wildman–Crippen LogP) is 3.37. The Morgan fingerprint density at radius 3 is 2.05 bits per heavy atom. The van der Waals surface area contributed by atoms with Crippen LogP contribution in [0, 0.1) is 0 Å². The van der Waals surface area contributed by atoms with Gasteiger partial charge < -0.3 is 9.84 Å². The first-order chi connectivity index (χ1) is 10.7. The summed E-state index contributed by atoms with van der Waals surface area (Å²) in [6.45, 7) is 0. The van der Waals surface area contributed by atoms with Gasteiger partial charge in [-0.3, -0.25) is 4.98 Å². The lowest BCUT2D eigenvalue weighted by Gasteiger charge is -2.29. The van der Waals surface area contributed by atoms with Crippen molar-refractivity contribution < 1.29 is 9.84 Å². The lowest BCUT2D eigenvalue weighted by atomic mass is 9.81. The Hall–Kier alpha value is -2.65. The molecule has 1 unspecified atom stereocenters. The summed E-state index contributed by atoms with van der Waals surface area (Å²) in [7, 11) is 1.62. The second-order valence-corrected chi connectivity index (χ2v) is 5.05. The number of pyridine rings is 1. The van der Waals surface area contributed by atoms with Gasteiger partial charge in [-0.1, -0.05) is 48.5 Å². The van der Waals surface area contributed by atoms with Gasteiger partial charge in [-0.2, -0.15) is 0 Å². The van der Waals surface area contributed by atoms with Gasteiger partial charge in [-0.25, -0.2) is 0 Å². The van der Waals surface area contributed by atoms with Crippen LogP contribution in [0.15, 0.2) is 79.1 Å². The molecule has 0 radical (unpaired) electrons. The van der Waals surface area contributed by atoms with Gasteiger partial charge in [0, 0.05) is 18.0 Å². The van der Waals surface area contributed by atoms with Crippen molar-refractivity contribution in [3.8, 4) is 5.75 Å². The standard InChI is InChI=1S/C19H17NO2/c1-22-18-11-9-16(10-12-18)19(21,15-6-3-2-4-7-15)17-8-5-13-20-14-17/h2-14,21H,1H3. The number of hydrogen-bond acceptors (Lipinski definition) is 3. The van der Waals surface area contributed by atoms with Crippen molar-refractivity contribution in [3.63, 3.8) is 0 Å². The molecule has 1 heterocycles. The molecule has 0 bridgehead atoms. The maximum absolute atomic E-state index is 11.5. The summed E-state index contributed by atoms with van der Waals surface area (Å²) in [4.78, 5) is 4.15. The molecule has 0 amide bonds. The van der Waals surface area contributed by atoms with Gasteiger partial charge in [0.2, 0.25) is 0 Å². The van der Waals surface area contributed by atoms with Crippen LogP contribution >= 0.6 is 0 Å². The van der Waals surface area contributed by atoms with E-state index in [4.69, 9.17) is 4.74 Å². The number of hydrogen-bond donors (Lipinski definition) is 1. The molecule has 1 atom stereocenters. The fourth-order valence-corrected chi connectivity index (χ4v) is 2.59. The lowest BCUT2D eigenvalue weighted by molar-refractivity contribution is 0.125. The molecule has 2 aromatic carbocycles. The highest BCUT2D eigenvalue weighted by Crippen LogP contribution is 2.36. The minimum absolute atomic E-state index is 0.728. The average molecular weight is 291 g/mol. The minimum Gasteiger partial charge on any atom is -0.497 e. The molecule has 3 aromatic rings. The van der Waals surface area contributed by atoms with Crippen LogP contribution in [-0.2, 0) is 5.60 Å². The van der Waals surface area contributed by atoms with Crippen molar-refractivity contribution in [1.82, 2.24) is 4.98 Å². The van der Waals surface area contributed by atoms with Crippen molar-refractivity contribution in [3.05, 3.63) is 95.8 Å². The molecule has 0 spiro atoms. The zero-order valence-electron chi connectivity index (χ0n) is 12.3. The zero-order chi connectivity index (χ0) is 15.4. The highest BCUT2D eigenvalue weighted by atomic mass is 16.5. The number of methoxy groups -OCH3 is 1. The topological polar surface area (TPSA) is 42.4 Å². The van der Waals surface area contributed by atoms with Crippen LogP contribution in [0.2, 0.25) is 0 Å². The highest BCUT2D eigenvalue weighted by Gasteiger charge is 2.33. The number of ether oxygens (including phenoxy) is 1. The molecule has 3 nitrogen and oxygen atoms in total. The van der Waals surface area contributed by atoms with E-state index in [2.05, 4.69) is 4.98 Å². The molecule has 0 saturated carbocycles. The van der Waals surface area contributed by atoms with Crippen LogP contribution in [-0.4, -0.2) is 17.2 Å². The van der Waals surface area contributed by atoms with Crippen LogP contribution in [0.5, 0.6) is 5.75 Å². The normalized spacial score (nSPS) is 13.4. The van der Waals surface area contributed by atoms with Crippen molar-refractivity contribution in [1.29, 1.82) is 0 Å². The number of rotatable bonds is 4. The zero-order valence-corrected chi connectivity index (χ0v) is 12.3. The maximum atomic E-state index is 11.5. The Balaban J connectivity index is 2.18. The summed E-state index contributed by atoms with van der Waals surface area (Å²) in [6.07, 6.45) is 3.39. The van der Waals surface area contributed by atoms with E-state index in [0.717, 1.165) is 22.4 Å². The van der Waals surface area contributed by atoms with E-state index >= 15 is 0 Å². The molecule has 1 aromatic heterocycles. The number of nitrogens with zero attached hydrogens (tertiary/aromatic N) is 1. The van der Waals surface area contributed by atoms with E-state index in [1.54, 1.807) is 19.5 Å². The Labute approximate surface area is 129 Å². The number of aromatic nitrogens is 1. The smallest absolute Gasteiger partial charge is 0.142 e. The van der Waals surface area contributed by atoms with Gasteiger partial charge in [-0.05, 0) is 29.3 Å². The predicted molar refractivity (Wildman–Crippen MR) is 85.8 cm³/mol. The van der Waals surface area contributed by atoms with E-state index in [9.17, 15) is 5.11 Å². The summed E-state index contributed by atoms with van der Waals surface area (Å²) >= 11 is 0. The largest absolute Gasteiger partial charge is 0.497 e. The highest BCUT2D eigenvalue weighted by molar-refractivity contribution is 5.47. The maximum Gasteiger partial charge on any atom is 0.142 e. The fraction of sp³-hybridized carbons (Fsp3) is 0.105. The summed E-state index contributed by atoms with van der Waals surface area (Å²) in [5.41, 5.74) is 1.05. The summed E-state index contributed by atoms with van der Waals surface area (Å²) in [5.74, 6) is 0.755. The molecule has 1 N–H and O–H groups in total. The monoisotopic (exact) mass is 291 g/mol. The summed E-state index contributed by atoms with van der Waals surface area (Å²) in [6, 6.07) is 20.7. The Morgan fingerprint density at radius 2 is 1.45 bits per heavy atom. The third-order valence-corrected chi connectivity index (χ3v) is 3.78. The van der Waals surface area contributed by atoms with Gasteiger partial charge >= 0.3 is 0 Å². The number of aliphatic hydroxyl groups is 1. The molecule has 0 aliphatic rings. The average Bonchev–Trinajstić information content (AvgIpc) is 2.62. The van der Waals surface area contributed by atoms with Gasteiger partial charge in [0.25, 0.3) is 0 Å². The van der Waals surface area contributed by atoms with Crippen molar-refractivity contribution >= 4 is 0 Å². The molecule has 22 heavy (non-hydrogen) atoms. The molecule has 3 rings (SSSR count). The second-order valence-electron chi connectivity index (χ2n) is 5.05. The van der Waals surface area contributed by atoms with Gasteiger partial charge in [0.15, 0.2) is 0 Å². The minimum atomic E-state index is -1.25. The molecule has 0 aliphatic carbocycles. The van der Waals surface area contributed by atoms with E-state index in [1.165, 1.54) is 0 Å². The first kappa shape index (κ1) is 14.3. The van der Waals surface area contributed by atoms with Gasteiger partial charge in [0.05, 0.1) is 7.11 Å². The molecule has 0 aliphatic heterocycles. The molecular formula is C19H17NO2. The van der Waals surface area contributed by atoms with Crippen LogP contribution in [0.1, 0.15) is 16.7 Å². The fourth-order valence-electron chi connectivity index (χ4n) is 2.59. The lowest BCUT2D eigenvalue weighted by Crippen LogP contribution is -2.28. The van der Waals surface area contributed by atoms with E-state index in [0.29, 0.717) is 0 Å². The van der Waals surface area contributed by atoms with Gasteiger partial charge in [-0.15, -0.1) is 0 Å².